The highest BCUT2D eigenvalue weighted by Crippen LogP contribution is 2.39. The standard InChI is InChI=1S/C27H24N6O3S/c34-24(29-19-7-2-1-3-8-19)15-18-32-26(25(30-27(32)37)22-9-4-5-16-28-22)23-10-6-17-31(23)20-11-13-21(14-12-20)33(35)36/h1-14,16-17,25-26H,15,18H2,(H,29,34)(H,30,37). The third-order valence-electron chi connectivity index (χ3n) is 6.26. The molecular formula is C27H24N6O3S. The lowest BCUT2D eigenvalue weighted by atomic mass is 10.0. The average Bonchev–Trinajstić information content (AvgIpc) is 3.52. The summed E-state index contributed by atoms with van der Waals surface area (Å²) in [5, 5.41) is 18.0. The van der Waals surface area contributed by atoms with Crippen molar-refractivity contribution in [1.29, 1.82) is 0 Å². The number of carbonyl (C=O) groups excluding carboxylic acids is 1. The lowest BCUT2D eigenvalue weighted by molar-refractivity contribution is -0.384. The van der Waals surface area contributed by atoms with Crippen molar-refractivity contribution in [3.8, 4) is 5.69 Å². The first-order valence-electron chi connectivity index (χ1n) is 11.8. The van der Waals surface area contributed by atoms with Gasteiger partial charge in [0.1, 0.15) is 0 Å². The van der Waals surface area contributed by atoms with Crippen LogP contribution >= 0.6 is 12.2 Å². The zero-order valence-corrected chi connectivity index (χ0v) is 20.5. The van der Waals surface area contributed by atoms with Crippen molar-refractivity contribution in [2.24, 2.45) is 0 Å². The number of para-hydroxylation sites is 1. The zero-order valence-electron chi connectivity index (χ0n) is 19.7. The van der Waals surface area contributed by atoms with Crippen LogP contribution in [0.2, 0.25) is 0 Å². The van der Waals surface area contributed by atoms with Gasteiger partial charge in [-0.1, -0.05) is 24.3 Å². The SMILES string of the molecule is O=C(CCN1C(=S)NC(c2ccccn2)C1c1cccn1-c1ccc([N+](=O)[O-])cc1)Nc1ccccc1. The Morgan fingerprint density at radius 1 is 1.03 bits per heavy atom. The Balaban J connectivity index is 1.45. The largest absolute Gasteiger partial charge is 0.352 e. The molecule has 0 bridgehead atoms. The number of nitrogens with zero attached hydrogens (tertiary/aromatic N) is 4. The van der Waals surface area contributed by atoms with Crippen molar-refractivity contribution in [3.05, 3.63) is 119 Å². The predicted octanol–water partition coefficient (Wildman–Crippen LogP) is 4.78. The lowest BCUT2D eigenvalue weighted by Crippen LogP contribution is -2.33. The van der Waals surface area contributed by atoms with E-state index in [0.717, 1.165) is 22.8 Å². The van der Waals surface area contributed by atoms with Gasteiger partial charge in [-0.15, -0.1) is 0 Å². The van der Waals surface area contributed by atoms with Crippen LogP contribution in [-0.2, 0) is 4.79 Å². The third kappa shape index (κ3) is 5.19. The van der Waals surface area contributed by atoms with E-state index in [4.69, 9.17) is 12.2 Å². The van der Waals surface area contributed by atoms with Crippen LogP contribution in [0.1, 0.15) is 29.9 Å². The van der Waals surface area contributed by atoms with E-state index < -0.39 is 4.92 Å². The van der Waals surface area contributed by atoms with Crippen LogP contribution in [-0.4, -0.2) is 36.9 Å². The summed E-state index contributed by atoms with van der Waals surface area (Å²) >= 11 is 5.73. The fourth-order valence-electron chi connectivity index (χ4n) is 4.54. The normalized spacial score (nSPS) is 16.9. The monoisotopic (exact) mass is 512 g/mol. The van der Waals surface area contributed by atoms with Gasteiger partial charge in [-0.2, -0.15) is 0 Å². The molecule has 0 radical (unpaired) electrons. The van der Waals surface area contributed by atoms with E-state index in [1.807, 2.05) is 76.3 Å². The molecule has 10 heteroatoms. The molecule has 2 atom stereocenters. The van der Waals surface area contributed by atoms with Gasteiger partial charge in [-0.3, -0.25) is 19.9 Å². The topological polar surface area (TPSA) is 105 Å². The third-order valence-corrected chi connectivity index (χ3v) is 6.61. The van der Waals surface area contributed by atoms with E-state index >= 15 is 0 Å². The summed E-state index contributed by atoms with van der Waals surface area (Å²) in [4.78, 5) is 30.0. The van der Waals surface area contributed by atoms with Gasteiger partial charge < -0.3 is 20.1 Å². The van der Waals surface area contributed by atoms with Crippen LogP contribution in [0.3, 0.4) is 0 Å². The second kappa shape index (κ2) is 10.6. The van der Waals surface area contributed by atoms with Gasteiger partial charge in [0.2, 0.25) is 5.91 Å². The van der Waals surface area contributed by atoms with Crippen LogP contribution in [0.15, 0.2) is 97.3 Å². The second-order valence-electron chi connectivity index (χ2n) is 8.56. The Hall–Kier alpha value is -4.57. The molecule has 4 aromatic rings. The van der Waals surface area contributed by atoms with E-state index in [9.17, 15) is 14.9 Å². The van der Waals surface area contributed by atoms with E-state index in [1.54, 1.807) is 18.3 Å². The number of aromatic nitrogens is 2. The summed E-state index contributed by atoms with van der Waals surface area (Å²) in [6, 6.07) is 24.9. The molecule has 186 valence electrons. The minimum atomic E-state index is -0.418. The molecule has 0 spiro atoms. The van der Waals surface area contributed by atoms with Crippen molar-refractivity contribution < 1.29 is 9.72 Å². The number of amides is 1. The molecule has 1 aliphatic rings. The summed E-state index contributed by atoms with van der Waals surface area (Å²) in [6.07, 6.45) is 3.89. The first-order chi connectivity index (χ1) is 18.0. The summed E-state index contributed by atoms with van der Waals surface area (Å²) in [6.45, 7) is 0.393. The molecule has 37 heavy (non-hydrogen) atoms. The van der Waals surface area contributed by atoms with Crippen molar-refractivity contribution >= 4 is 34.6 Å². The quantitative estimate of drug-likeness (QED) is 0.199. The Labute approximate surface area is 218 Å². The van der Waals surface area contributed by atoms with Gasteiger partial charge in [0, 0.05) is 54.6 Å². The molecular weight excluding hydrogens is 488 g/mol. The molecule has 0 saturated carbocycles. The van der Waals surface area contributed by atoms with Gasteiger partial charge in [0.05, 0.1) is 22.7 Å². The van der Waals surface area contributed by atoms with Crippen molar-refractivity contribution in [1.82, 2.24) is 19.8 Å². The lowest BCUT2D eigenvalue weighted by Gasteiger charge is -2.28. The Kier molecular flexibility index (Phi) is 6.91. The number of nitrogens with one attached hydrogen (secondary N) is 2. The fraction of sp³-hybridized carbons (Fsp3) is 0.148. The Morgan fingerprint density at radius 2 is 1.78 bits per heavy atom. The number of nitro groups is 1. The molecule has 2 aromatic carbocycles. The smallest absolute Gasteiger partial charge is 0.269 e. The maximum atomic E-state index is 12.7. The van der Waals surface area contributed by atoms with Crippen molar-refractivity contribution in [2.75, 3.05) is 11.9 Å². The molecule has 9 nitrogen and oxygen atoms in total. The summed E-state index contributed by atoms with van der Waals surface area (Å²) in [7, 11) is 0. The van der Waals surface area contributed by atoms with Crippen LogP contribution in [0.5, 0.6) is 0 Å². The molecule has 2 aromatic heterocycles. The number of non-ortho nitro benzene ring substituents is 1. The minimum Gasteiger partial charge on any atom is -0.352 e. The predicted molar refractivity (Wildman–Crippen MR) is 144 cm³/mol. The Morgan fingerprint density at radius 3 is 2.49 bits per heavy atom. The van der Waals surface area contributed by atoms with Gasteiger partial charge >= 0.3 is 0 Å². The summed E-state index contributed by atoms with van der Waals surface area (Å²) in [5.41, 5.74) is 3.29. The van der Waals surface area contributed by atoms with Crippen molar-refractivity contribution in [2.45, 2.75) is 18.5 Å². The molecule has 1 fully saturated rings. The van der Waals surface area contributed by atoms with Gasteiger partial charge in [0.15, 0.2) is 5.11 Å². The molecule has 1 saturated heterocycles. The van der Waals surface area contributed by atoms with Gasteiger partial charge in [0.25, 0.3) is 5.69 Å². The number of hydrogen-bond acceptors (Lipinski definition) is 5. The molecule has 3 heterocycles. The fourth-order valence-corrected chi connectivity index (χ4v) is 4.87. The average molecular weight is 513 g/mol. The highest BCUT2D eigenvalue weighted by atomic mass is 32.1. The summed E-state index contributed by atoms with van der Waals surface area (Å²) < 4.78 is 1.98. The number of pyridine rings is 1. The summed E-state index contributed by atoms with van der Waals surface area (Å²) in [5.74, 6) is -0.111. The first-order valence-corrected chi connectivity index (χ1v) is 12.2. The maximum absolute atomic E-state index is 12.7. The number of carbonyl (C=O) groups is 1. The molecule has 2 N–H and O–H groups in total. The number of thiocarbonyl (C=S) groups is 1. The van der Waals surface area contributed by atoms with Crippen molar-refractivity contribution in [3.63, 3.8) is 0 Å². The van der Waals surface area contributed by atoms with E-state index in [-0.39, 0.29) is 30.1 Å². The highest BCUT2D eigenvalue weighted by molar-refractivity contribution is 7.80. The van der Waals surface area contributed by atoms with E-state index in [1.165, 1.54) is 12.1 Å². The molecule has 5 rings (SSSR count). The Bertz CT molecular complexity index is 1410. The molecule has 2 unspecified atom stereocenters. The maximum Gasteiger partial charge on any atom is 0.269 e. The molecule has 1 aliphatic heterocycles. The van der Waals surface area contributed by atoms with Crippen LogP contribution in [0.4, 0.5) is 11.4 Å². The minimum absolute atomic E-state index is 0.0265. The molecule has 0 aliphatic carbocycles. The number of benzene rings is 2. The van der Waals surface area contributed by atoms with E-state index in [0.29, 0.717) is 11.7 Å². The number of rotatable bonds is 8. The van der Waals surface area contributed by atoms with Gasteiger partial charge in [-0.25, -0.2) is 0 Å². The first kappa shape index (κ1) is 24.1. The second-order valence-corrected chi connectivity index (χ2v) is 8.95. The van der Waals surface area contributed by atoms with Crippen LogP contribution < -0.4 is 10.6 Å². The van der Waals surface area contributed by atoms with Crippen LogP contribution in [0, 0.1) is 10.1 Å². The van der Waals surface area contributed by atoms with E-state index in [2.05, 4.69) is 15.6 Å². The number of nitro benzene ring substituents is 1. The van der Waals surface area contributed by atoms with Gasteiger partial charge in [-0.05, 0) is 60.7 Å². The zero-order chi connectivity index (χ0) is 25.8. The number of hydrogen-bond donors (Lipinski definition) is 2. The highest BCUT2D eigenvalue weighted by Gasteiger charge is 2.41. The number of anilines is 1. The molecule has 1 amide bonds. The van der Waals surface area contributed by atoms with Crippen LogP contribution in [0.25, 0.3) is 5.69 Å².